The largest absolute Gasteiger partial charge is 0.414 e. The van der Waals surface area contributed by atoms with E-state index < -0.39 is 46.9 Å². The average Bonchev–Trinajstić information content (AvgIpc) is 2.94. The van der Waals surface area contributed by atoms with Crippen molar-refractivity contribution in [2.45, 2.75) is 68.0 Å². The van der Waals surface area contributed by atoms with Crippen LogP contribution >= 0.6 is 23.1 Å². The molecule has 0 bridgehead atoms. The number of ether oxygens (including phenoxy) is 1. The highest BCUT2D eigenvalue weighted by Gasteiger charge is 2.82. The normalized spacial score (nSPS) is 29.9. The molecule has 2 saturated heterocycles. The van der Waals surface area contributed by atoms with Gasteiger partial charge < -0.3 is 19.4 Å². The number of fused-ring (bicyclic) bond motifs is 2. The van der Waals surface area contributed by atoms with Gasteiger partial charge >= 0.3 is 4.87 Å². The fourth-order valence-corrected chi connectivity index (χ4v) is 6.33. The summed E-state index contributed by atoms with van der Waals surface area (Å²) in [6, 6.07) is 0. The number of rotatable bonds is 5. The molecule has 0 aromatic carbocycles. The molecular weight excluding hydrogens is 476 g/mol. The Balaban J connectivity index is 1.70. The van der Waals surface area contributed by atoms with Crippen LogP contribution in [0.4, 0.5) is 5.95 Å². The minimum atomic E-state index is -2.16. The third-order valence-electron chi connectivity index (χ3n) is 6.25. The number of thioether (sulfide) groups is 1. The zero-order chi connectivity index (χ0) is 23.9. The number of thiazole rings is 1. The van der Waals surface area contributed by atoms with Crippen molar-refractivity contribution in [3.8, 4) is 0 Å². The topological polar surface area (TPSA) is 156 Å². The molecule has 2 aromatic rings. The Labute approximate surface area is 192 Å². The molecule has 2 aliphatic rings. The van der Waals surface area contributed by atoms with E-state index in [0.29, 0.717) is 11.3 Å². The van der Waals surface area contributed by atoms with Crippen LogP contribution in [0.5, 0.6) is 0 Å². The summed E-state index contributed by atoms with van der Waals surface area (Å²) in [5.41, 5.74) is -0.659. The second kappa shape index (κ2) is 7.22. The summed E-state index contributed by atoms with van der Waals surface area (Å²) in [4.78, 5) is 39.1. The molecule has 11 nitrogen and oxygen atoms in total. The molecule has 0 aliphatic carbocycles. The number of H-pyrrole nitrogens is 1. The van der Waals surface area contributed by atoms with Crippen molar-refractivity contribution >= 4 is 53.6 Å². The number of anilines is 1. The number of aromatic nitrogens is 3. The number of hydrogen-bond acceptors (Lipinski definition) is 10. The monoisotopic (exact) mass is 502 g/mol. The molecule has 176 valence electrons. The minimum Gasteiger partial charge on any atom is -0.414 e. The van der Waals surface area contributed by atoms with E-state index in [2.05, 4.69) is 49.1 Å². The fourth-order valence-electron chi connectivity index (χ4n) is 3.33. The van der Waals surface area contributed by atoms with Gasteiger partial charge in [0, 0.05) is 6.92 Å². The maximum Gasteiger partial charge on any atom is 0.311 e. The van der Waals surface area contributed by atoms with Gasteiger partial charge in [0.25, 0.3) is 5.56 Å². The molecule has 2 aliphatic heterocycles. The molecule has 32 heavy (non-hydrogen) atoms. The van der Waals surface area contributed by atoms with E-state index in [1.165, 1.54) is 6.92 Å². The van der Waals surface area contributed by atoms with E-state index in [1.54, 1.807) is 0 Å². The van der Waals surface area contributed by atoms with Gasteiger partial charge in [-0.15, -0.1) is 0 Å². The molecule has 0 radical (unpaired) electrons. The lowest BCUT2D eigenvalue weighted by atomic mass is 10.1. The second-order valence-corrected chi connectivity index (χ2v) is 16.7. The molecule has 14 heteroatoms. The minimum absolute atomic E-state index is 0.0199. The van der Waals surface area contributed by atoms with E-state index in [4.69, 9.17) is 9.16 Å². The summed E-state index contributed by atoms with van der Waals surface area (Å²) >= 11 is 1.52. The average molecular weight is 503 g/mol. The Kier molecular flexibility index (Phi) is 5.33. The summed E-state index contributed by atoms with van der Waals surface area (Å²) in [5.74, 6) is -0.592. The van der Waals surface area contributed by atoms with Gasteiger partial charge in [-0.2, -0.15) is 4.98 Å². The van der Waals surface area contributed by atoms with E-state index in [0.717, 1.165) is 16.3 Å². The Hall–Kier alpha value is -1.55. The van der Waals surface area contributed by atoms with Crippen LogP contribution < -0.4 is 15.7 Å². The Morgan fingerprint density at radius 2 is 2.00 bits per heavy atom. The van der Waals surface area contributed by atoms with Crippen LogP contribution in [0.2, 0.25) is 18.1 Å². The first-order valence-corrected chi connectivity index (χ1v) is 14.5. The van der Waals surface area contributed by atoms with E-state index >= 15 is 0 Å². The van der Waals surface area contributed by atoms with Crippen molar-refractivity contribution in [3.63, 3.8) is 0 Å². The second-order valence-electron chi connectivity index (χ2n) is 9.53. The Morgan fingerprint density at radius 3 is 2.59 bits per heavy atom. The highest BCUT2D eigenvalue weighted by molar-refractivity contribution is 8.09. The number of amides is 1. The smallest absolute Gasteiger partial charge is 0.311 e. The number of aromatic amines is 1. The van der Waals surface area contributed by atoms with Gasteiger partial charge in [-0.3, -0.25) is 29.3 Å². The maximum atomic E-state index is 12.8. The number of nitrogens with one attached hydrogen (secondary N) is 2. The van der Waals surface area contributed by atoms with Gasteiger partial charge in [0.05, 0.1) is 6.61 Å². The first kappa shape index (κ1) is 23.6. The van der Waals surface area contributed by atoms with Crippen LogP contribution in [0.15, 0.2) is 9.59 Å². The van der Waals surface area contributed by atoms with Crippen molar-refractivity contribution in [1.82, 2.24) is 14.5 Å². The van der Waals surface area contributed by atoms with Crippen LogP contribution in [0, 0.1) is 0 Å². The number of carbonyl (C=O) groups excluding carboxylic acids is 1. The van der Waals surface area contributed by atoms with Crippen molar-refractivity contribution < 1.29 is 24.2 Å². The zero-order valence-corrected chi connectivity index (χ0v) is 21.1. The molecule has 1 amide bonds. The lowest BCUT2D eigenvalue weighted by Gasteiger charge is -2.37. The van der Waals surface area contributed by atoms with E-state index in [-0.39, 0.29) is 27.9 Å². The van der Waals surface area contributed by atoms with E-state index in [9.17, 15) is 24.6 Å². The SMILES string of the molecule is CC(=O)Nc1nc2c(sc(=O)n2[C@@H]2O[C@H](CO[Si](C)(C)C(C)(C)C)[C@]3(O)S[C@]23O)c(=O)[nH]1. The molecule has 4 N–H and O–H groups in total. The molecule has 4 rings (SSSR count). The molecule has 4 atom stereocenters. The fraction of sp³-hybridized carbons (Fsp3) is 0.667. The zero-order valence-electron chi connectivity index (χ0n) is 18.5. The van der Waals surface area contributed by atoms with Gasteiger partial charge in [-0.05, 0) is 18.1 Å². The van der Waals surface area contributed by atoms with Crippen molar-refractivity contribution in [1.29, 1.82) is 0 Å². The maximum absolute atomic E-state index is 12.8. The van der Waals surface area contributed by atoms with Crippen LogP contribution in [0.3, 0.4) is 0 Å². The predicted octanol–water partition coefficient (Wildman–Crippen LogP) is 1.15. The summed E-state index contributed by atoms with van der Waals surface area (Å²) in [5, 5.41) is 24.4. The first-order valence-electron chi connectivity index (χ1n) is 9.98. The molecule has 2 aromatic heterocycles. The summed E-state index contributed by atoms with van der Waals surface area (Å²) in [6.07, 6.45) is -2.18. The lowest BCUT2D eigenvalue weighted by Crippen LogP contribution is -2.45. The molecule has 0 unspecified atom stereocenters. The van der Waals surface area contributed by atoms with Gasteiger partial charge in [-0.1, -0.05) is 43.9 Å². The standard InChI is InChI=1S/C18H26N4O7S2Si/c1-8(23)19-14-20-11-10(12(24)21-14)30-15(25)22(11)13-18(27)17(26,31-18)9(29-13)7-28-32(5,6)16(2,3)4/h9,13,26-27H,7H2,1-6H3,(H2,19,20,21,23,24)/t9-,13-,17+,18-/m1/s1. The van der Waals surface area contributed by atoms with Crippen LogP contribution in [-0.2, 0) is 14.0 Å². The van der Waals surface area contributed by atoms with Crippen molar-refractivity contribution in [2.24, 2.45) is 0 Å². The van der Waals surface area contributed by atoms with Gasteiger partial charge in [0.2, 0.25) is 11.9 Å². The van der Waals surface area contributed by atoms with Gasteiger partial charge in [0.15, 0.2) is 30.1 Å². The molecule has 0 spiro atoms. The predicted molar refractivity (Wildman–Crippen MR) is 123 cm³/mol. The first-order chi connectivity index (χ1) is 14.6. The van der Waals surface area contributed by atoms with Crippen LogP contribution in [0.1, 0.15) is 33.9 Å². The van der Waals surface area contributed by atoms with Gasteiger partial charge in [0.1, 0.15) is 10.8 Å². The van der Waals surface area contributed by atoms with Crippen molar-refractivity contribution in [2.75, 3.05) is 11.9 Å². The quantitative estimate of drug-likeness (QED) is 0.348. The third kappa shape index (κ3) is 3.48. The number of carbonyl (C=O) groups is 1. The van der Waals surface area contributed by atoms with Crippen molar-refractivity contribution in [3.05, 3.63) is 20.0 Å². The van der Waals surface area contributed by atoms with Gasteiger partial charge in [-0.25, -0.2) is 0 Å². The summed E-state index contributed by atoms with van der Waals surface area (Å²) in [6.45, 7) is 11.7. The molecular formula is C18H26N4O7S2Si. The summed E-state index contributed by atoms with van der Waals surface area (Å²) in [7, 11) is -2.16. The van der Waals surface area contributed by atoms with Crippen LogP contribution in [-0.4, -0.2) is 61.5 Å². The molecule has 2 fully saturated rings. The third-order valence-corrected chi connectivity index (χ3v) is 13.2. The van der Waals surface area contributed by atoms with E-state index in [1.807, 2.05) is 0 Å². The highest BCUT2D eigenvalue weighted by atomic mass is 32.2. The molecule has 0 saturated carbocycles. The number of hydrogen-bond donors (Lipinski definition) is 4. The number of aliphatic hydroxyl groups is 2. The summed E-state index contributed by atoms with van der Waals surface area (Å²) < 4.78 is 13.2. The van der Waals surface area contributed by atoms with Crippen LogP contribution in [0.25, 0.3) is 10.3 Å². The Bertz CT molecular complexity index is 1220. The lowest BCUT2D eigenvalue weighted by molar-refractivity contribution is -0.114. The highest BCUT2D eigenvalue weighted by Crippen LogP contribution is 2.72. The Morgan fingerprint density at radius 1 is 1.34 bits per heavy atom. The molecule has 4 heterocycles. The number of nitrogens with zero attached hydrogens (tertiary/aromatic N) is 2.